The van der Waals surface area contributed by atoms with Crippen LogP contribution in [0, 0.1) is 29.0 Å². The van der Waals surface area contributed by atoms with Crippen molar-refractivity contribution in [2.75, 3.05) is 7.05 Å². The Morgan fingerprint density at radius 2 is 1.83 bits per heavy atom. The van der Waals surface area contributed by atoms with E-state index in [9.17, 15) is 4.39 Å². The van der Waals surface area contributed by atoms with Crippen LogP contribution in [0.4, 0.5) is 4.39 Å². The van der Waals surface area contributed by atoms with Gasteiger partial charge in [0.25, 0.3) is 0 Å². The third-order valence-corrected chi connectivity index (χ3v) is 3.57. The number of nitriles is 1. The highest BCUT2D eigenvalue weighted by Gasteiger charge is 2.08. The molecule has 0 saturated carbocycles. The van der Waals surface area contributed by atoms with Crippen molar-refractivity contribution in [3.63, 3.8) is 0 Å². The van der Waals surface area contributed by atoms with Gasteiger partial charge in [0.15, 0.2) is 0 Å². The van der Waals surface area contributed by atoms with Crippen LogP contribution in [0.25, 0.3) is 0 Å². The second-order valence-electron chi connectivity index (χ2n) is 5.64. The number of benzene rings is 1. The topological polar surface area (TPSA) is 39.9 Å². The van der Waals surface area contributed by atoms with Crippen LogP contribution in [0.5, 0.6) is 0 Å². The summed E-state index contributed by atoms with van der Waals surface area (Å²) >= 11 is 0. The number of pyridine rings is 1. The number of aromatic nitrogens is 1. The maximum atomic E-state index is 13.9. The van der Waals surface area contributed by atoms with E-state index in [1.807, 2.05) is 13.1 Å². The van der Waals surface area contributed by atoms with Gasteiger partial charge in [-0.05, 0) is 45.2 Å². The molecule has 3 nitrogen and oxygen atoms in total. The SMILES string of the molecule is CC(C)N(C)Cc1cc(C#Cc2cncc(C#N)c2)ccc1F. The van der Waals surface area contributed by atoms with Crippen LogP contribution < -0.4 is 0 Å². The largest absolute Gasteiger partial charge is 0.300 e. The number of rotatable bonds is 3. The molecule has 0 fully saturated rings. The lowest BCUT2D eigenvalue weighted by Crippen LogP contribution is -2.26. The zero-order valence-electron chi connectivity index (χ0n) is 13.5. The minimum Gasteiger partial charge on any atom is -0.300 e. The summed E-state index contributed by atoms with van der Waals surface area (Å²) in [7, 11) is 1.96. The van der Waals surface area contributed by atoms with E-state index in [2.05, 4.69) is 35.6 Å². The molecule has 2 rings (SSSR count). The van der Waals surface area contributed by atoms with Gasteiger partial charge in [-0.15, -0.1) is 0 Å². The summed E-state index contributed by atoms with van der Waals surface area (Å²) in [5, 5.41) is 8.86. The zero-order chi connectivity index (χ0) is 16.8. The van der Waals surface area contributed by atoms with Crippen molar-refractivity contribution in [3.8, 4) is 17.9 Å². The van der Waals surface area contributed by atoms with Crippen LogP contribution in [0.15, 0.2) is 36.7 Å². The molecule has 0 unspecified atom stereocenters. The highest BCUT2D eigenvalue weighted by Crippen LogP contribution is 2.13. The van der Waals surface area contributed by atoms with Crippen molar-refractivity contribution in [2.45, 2.75) is 26.4 Å². The first-order valence-electron chi connectivity index (χ1n) is 7.35. The molecule has 1 aromatic carbocycles. The van der Waals surface area contributed by atoms with Gasteiger partial charge in [-0.1, -0.05) is 11.8 Å². The lowest BCUT2D eigenvalue weighted by atomic mass is 10.1. The van der Waals surface area contributed by atoms with E-state index in [4.69, 9.17) is 5.26 Å². The summed E-state index contributed by atoms with van der Waals surface area (Å²) in [6, 6.07) is 8.91. The lowest BCUT2D eigenvalue weighted by Gasteiger charge is -2.21. The number of halogens is 1. The first-order valence-corrected chi connectivity index (χ1v) is 7.35. The van der Waals surface area contributed by atoms with Gasteiger partial charge in [0.05, 0.1) is 5.56 Å². The Kier molecular flexibility index (Phi) is 5.46. The Morgan fingerprint density at radius 3 is 2.52 bits per heavy atom. The van der Waals surface area contributed by atoms with E-state index in [1.54, 1.807) is 24.4 Å². The van der Waals surface area contributed by atoms with Gasteiger partial charge in [-0.25, -0.2) is 4.39 Å². The molecule has 0 atom stereocenters. The van der Waals surface area contributed by atoms with Gasteiger partial charge in [0.2, 0.25) is 0 Å². The van der Waals surface area contributed by atoms with Crippen molar-refractivity contribution >= 4 is 0 Å². The summed E-state index contributed by atoms with van der Waals surface area (Å²) in [5.41, 5.74) is 2.49. The van der Waals surface area contributed by atoms with E-state index in [0.29, 0.717) is 29.3 Å². The molecule has 0 radical (unpaired) electrons. The van der Waals surface area contributed by atoms with Gasteiger partial charge < -0.3 is 0 Å². The van der Waals surface area contributed by atoms with Gasteiger partial charge in [-0.3, -0.25) is 9.88 Å². The Bertz CT molecular complexity index is 794. The van der Waals surface area contributed by atoms with E-state index in [0.717, 1.165) is 5.56 Å². The third-order valence-electron chi connectivity index (χ3n) is 3.57. The van der Waals surface area contributed by atoms with Crippen LogP contribution in [0.3, 0.4) is 0 Å². The molecular formula is C19H18FN3. The quantitative estimate of drug-likeness (QED) is 0.817. The fourth-order valence-corrected chi connectivity index (χ4v) is 1.94. The molecule has 23 heavy (non-hydrogen) atoms. The molecule has 0 aliphatic carbocycles. The zero-order valence-corrected chi connectivity index (χ0v) is 13.5. The van der Waals surface area contributed by atoms with Gasteiger partial charge in [0.1, 0.15) is 11.9 Å². The second-order valence-corrected chi connectivity index (χ2v) is 5.64. The van der Waals surface area contributed by atoms with Crippen molar-refractivity contribution in [1.29, 1.82) is 5.26 Å². The number of hydrogen-bond acceptors (Lipinski definition) is 3. The molecule has 0 bridgehead atoms. The Hall–Kier alpha value is -2.69. The molecule has 116 valence electrons. The average molecular weight is 307 g/mol. The van der Waals surface area contributed by atoms with Crippen molar-refractivity contribution < 1.29 is 4.39 Å². The van der Waals surface area contributed by atoms with Crippen molar-refractivity contribution in [2.24, 2.45) is 0 Å². The molecule has 0 saturated heterocycles. The average Bonchev–Trinajstić information content (AvgIpc) is 2.55. The first-order chi connectivity index (χ1) is 11.0. The molecular weight excluding hydrogens is 289 g/mol. The maximum Gasteiger partial charge on any atom is 0.127 e. The highest BCUT2D eigenvalue weighted by atomic mass is 19.1. The fourth-order valence-electron chi connectivity index (χ4n) is 1.94. The first kappa shape index (κ1) is 16.7. The van der Waals surface area contributed by atoms with Crippen LogP contribution in [0.2, 0.25) is 0 Å². The van der Waals surface area contributed by atoms with Crippen LogP contribution in [0.1, 0.15) is 36.1 Å². The fraction of sp³-hybridized carbons (Fsp3) is 0.263. The molecule has 1 aromatic heterocycles. The third kappa shape index (κ3) is 4.64. The standard InChI is InChI=1S/C19H18FN3/c1-14(2)23(3)13-18-9-15(6-7-19(18)20)4-5-16-8-17(10-21)12-22-11-16/h6-9,11-12,14H,13H2,1-3H3. The summed E-state index contributed by atoms with van der Waals surface area (Å²) < 4.78 is 13.9. The number of nitrogens with zero attached hydrogens (tertiary/aromatic N) is 3. The van der Waals surface area contributed by atoms with E-state index in [-0.39, 0.29) is 5.82 Å². The van der Waals surface area contributed by atoms with Crippen LogP contribution in [-0.4, -0.2) is 23.0 Å². The molecule has 4 heteroatoms. The minimum absolute atomic E-state index is 0.226. The molecule has 0 N–H and O–H groups in total. The normalized spacial score (nSPS) is 10.3. The molecule has 0 aliphatic rings. The monoisotopic (exact) mass is 307 g/mol. The van der Waals surface area contributed by atoms with Crippen molar-refractivity contribution in [1.82, 2.24) is 9.88 Å². The molecule has 0 amide bonds. The maximum absolute atomic E-state index is 13.9. The molecule has 1 heterocycles. The Labute approximate surface area is 136 Å². The van der Waals surface area contributed by atoms with E-state index in [1.165, 1.54) is 12.3 Å². The van der Waals surface area contributed by atoms with Crippen LogP contribution in [-0.2, 0) is 6.54 Å². The van der Waals surface area contributed by atoms with Crippen molar-refractivity contribution in [3.05, 3.63) is 64.7 Å². The van der Waals surface area contributed by atoms with Gasteiger partial charge >= 0.3 is 0 Å². The molecule has 0 aliphatic heterocycles. The number of hydrogen-bond donors (Lipinski definition) is 0. The van der Waals surface area contributed by atoms with E-state index >= 15 is 0 Å². The minimum atomic E-state index is -0.226. The summed E-state index contributed by atoms with van der Waals surface area (Å²) in [4.78, 5) is 6.03. The summed E-state index contributed by atoms with van der Waals surface area (Å²) in [6.07, 6.45) is 3.09. The smallest absolute Gasteiger partial charge is 0.127 e. The predicted molar refractivity (Wildman–Crippen MR) is 87.9 cm³/mol. The second kappa shape index (κ2) is 7.54. The van der Waals surface area contributed by atoms with Gasteiger partial charge in [-0.2, -0.15) is 5.26 Å². The Morgan fingerprint density at radius 1 is 1.13 bits per heavy atom. The Balaban J connectivity index is 2.25. The summed E-state index contributed by atoms with van der Waals surface area (Å²) in [5.74, 6) is 5.73. The predicted octanol–water partition coefficient (Wildman–Crippen LogP) is 3.33. The van der Waals surface area contributed by atoms with Crippen LogP contribution >= 0.6 is 0 Å². The van der Waals surface area contributed by atoms with E-state index < -0.39 is 0 Å². The molecule has 2 aromatic rings. The van der Waals surface area contributed by atoms with Gasteiger partial charge in [0, 0.05) is 41.7 Å². The summed E-state index contributed by atoms with van der Waals surface area (Å²) in [6.45, 7) is 4.66. The highest BCUT2D eigenvalue weighted by molar-refractivity contribution is 5.45. The molecule has 0 spiro atoms. The lowest BCUT2D eigenvalue weighted by molar-refractivity contribution is 0.262.